The van der Waals surface area contributed by atoms with Gasteiger partial charge in [-0.1, -0.05) is 55.7 Å². The van der Waals surface area contributed by atoms with Gasteiger partial charge in [-0.25, -0.2) is 9.97 Å². The van der Waals surface area contributed by atoms with Crippen molar-refractivity contribution in [2.45, 2.75) is 57.5 Å². The Bertz CT molecular complexity index is 831. The van der Waals surface area contributed by atoms with Gasteiger partial charge < -0.3 is 14.9 Å². The Hall–Kier alpha value is -2.24. The summed E-state index contributed by atoms with van der Waals surface area (Å²) in [5.41, 5.74) is 3.06. The summed E-state index contributed by atoms with van der Waals surface area (Å²) < 4.78 is 0. The number of unbranched alkanes of at least 4 members (excludes halogenated alkanes) is 2. The van der Waals surface area contributed by atoms with Crippen molar-refractivity contribution < 1.29 is 5.11 Å². The molecule has 2 saturated heterocycles. The molecule has 166 valence electrons. The first kappa shape index (κ1) is 22.0. The van der Waals surface area contributed by atoms with E-state index in [1.165, 1.54) is 57.3 Å². The zero-order valence-electron chi connectivity index (χ0n) is 18.8. The second kappa shape index (κ2) is 10.4. The number of aliphatic hydroxyl groups is 1. The lowest BCUT2D eigenvalue weighted by Crippen LogP contribution is -2.43. The van der Waals surface area contributed by atoms with Crippen molar-refractivity contribution in [3.8, 4) is 0 Å². The van der Waals surface area contributed by atoms with Crippen LogP contribution in [0.2, 0.25) is 0 Å². The fraction of sp³-hybridized carbons (Fsp3) is 0.538. The van der Waals surface area contributed by atoms with E-state index in [-0.39, 0.29) is 0 Å². The minimum atomic E-state index is -0.763. The van der Waals surface area contributed by atoms with E-state index in [9.17, 15) is 5.11 Å². The molecule has 4 rings (SSSR count). The highest BCUT2D eigenvalue weighted by molar-refractivity contribution is 5.54. The lowest BCUT2D eigenvalue weighted by atomic mass is 9.84. The van der Waals surface area contributed by atoms with Crippen LogP contribution in [-0.4, -0.2) is 52.7 Å². The highest BCUT2D eigenvalue weighted by atomic mass is 16.3. The molecule has 0 bridgehead atoms. The maximum atomic E-state index is 11.2. The maximum absolute atomic E-state index is 11.2. The molecular formula is C26H36N4O. The lowest BCUT2D eigenvalue weighted by Gasteiger charge is -2.38. The number of likely N-dealkylation sites (tertiary alicyclic amines) is 1. The Morgan fingerprint density at radius 1 is 0.968 bits per heavy atom. The third-order valence-electron chi connectivity index (χ3n) is 6.82. The Morgan fingerprint density at radius 2 is 1.65 bits per heavy atom. The largest absolute Gasteiger partial charge is 0.385 e. The van der Waals surface area contributed by atoms with Gasteiger partial charge in [-0.15, -0.1) is 0 Å². The lowest BCUT2D eigenvalue weighted by molar-refractivity contribution is 0.0115. The van der Waals surface area contributed by atoms with Gasteiger partial charge >= 0.3 is 0 Å². The highest BCUT2D eigenvalue weighted by Gasteiger charge is 2.34. The molecule has 1 aromatic carbocycles. The van der Waals surface area contributed by atoms with E-state index in [0.29, 0.717) is 12.8 Å². The van der Waals surface area contributed by atoms with Crippen LogP contribution in [0.3, 0.4) is 0 Å². The summed E-state index contributed by atoms with van der Waals surface area (Å²) in [5.74, 6) is 0.753. The fourth-order valence-electron chi connectivity index (χ4n) is 4.74. The van der Waals surface area contributed by atoms with E-state index in [2.05, 4.69) is 57.0 Å². The molecule has 0 amide bonds. The number of aromatic nitrogens is 2. The molecule has 0 aliphatic carbocycles. The van der Waals surface area contributed by atoms with Gasteiger partial charge in [-0.2, -0.15) is 0 Å². The molecule has 2 aliphatic rings. The quantitative estimate of drug-likeness (QED) is 0.662. The fourth-order valence-corrected chi connectivity index (χ4v) is 4.74. The van der Waals surface area contributed by atoms with Gasteiger partial charge in [0.05, 0.1) is 5.60 Å². The summed E-state index contributed by atoms with van der Waals surface area (Å²) in [6.45, 7) is 7.43. The van der Waals surface area contributed by atoms with Gasteiger partial charge in [0.1, 0.15) is 0 Å². The van der Waals surface area contributed by atoms with E-state index >= 15 is 0 Å². The number of hydrogen-bond donors (Lipinski definition) is 1. The highest BCUT2D eigenvalue weighted by Crippen LogP contribution is 2.34. The molecule has 0 unspecified atom stereocenters. The molecular weight excluding hydrogens is 384 g/mol. The van der Waals surface area contributed by atoms with Crippen molar-refractivity contribution >= 4 is 12.0 Å². The van der Waals surface area contributed by atoms with Crippen molar-refractivity contribution in [1.82, 2.24) is 14.9 Å². The topological polar surface area (TPSA) is 52.5 Å². The summed E-state index contributed by atoms with van der Waals surface area (Å²) in [4.78, 5) is 13.4. The predicted octanol–water partition coefficient (Wildman–Crippen LogP) is 4.63. The van der Waals surface area contributed by atoms with Gasteiger partial charge in [0.2, 0.25) is 5.95 Å². The van der Waals surface area contributed by atoms with Crippen LogP contribution in [0, 0.1) is 0 Å². The molecule has 0 radical (unpaired) electrons. The zero-order chi connectivity index (χ0) is 21.5. The summed E-state index contributed by atoms with van der Waals surface area (Å²) in [7, 11) is 0. The van der Waals surface area contributed by atoms with Crippen LogP contribution in [-0.2, 0) is 5.60 Å². The average Bonchev–Trinajstić information content (AvgIpc) is 2.82. The summed E-state index contributed by atoms with van der Waals surface area (Å²) >= 11 is 0. The van der Waals surface area contributed by atoms with Crippen molar-refractivity contribution in [2.75, 3.05) is 37.6 Å². The summed E-state index contributed by atoms with van der Waals surface area (Å²) in [6, 6.07) is 10.4. The Labute approximate surface area is 186 Å². The minimum Gasteiger partial charge on any atom is -0.385 e. The Kier molecular flexibility index (Phi) is 7.36. The summed E-state index contributed by atoms with van der Waals surface area (Å²) in [6.07, 6.45) is 13.6. The second-order valence-electron chi connectivity index (χ2n) is 9.04. The van der Waals surface area contributed by atoms with Crippen LogP contribution in [0.15, 0.2) is 48.3 Å². The van der Waals surface area contributed by atoms with E-state index in [4.69, 9.17) is 0 Å². The molecule has 2 aromatic rings. The van der Waals surface area contributed by atoms with Crippen molar-refractivity contribution in [3.63, 3.8) is 0 Å². The van der Waals surface area contributed by atoms with Crippen molar-refractivity contribution in [1.29, 1.82) is 0 Å². The predicted molar refractivity (Wildman–Crippen MR) is 127 cm³/mol. The smallest absolute Gasteiger partial charge is 0.225 e. The van der Waals surface area contributed by atoms with E-state index in [1.54, 1.807) is 18.0 Å². The first-order chi connectivity index (χ1) is 15.2. The SMILES string of the molecule is CCCCCN1CCC(=Cc2ccc(C3(O)CCN(c4ncccn4)CC3)cc2)CC1. The van der Waals surface area contributed by atoms with Crippen LogP contribution in [0.4, 0.5) is 5.95 Å². The van der Waals surface area contributed by atoms with Crippen molar-refractivity contribution in [2.24, 2.45) is 0 Å². The standard InChI is InChI=1S/C26H36N4O/c1-2-3-4-16-29-17-10-23(11-18-29)21-22-6-8-24(9-7-22)26(31)12-19-30(20-13-26)25-27-14-5-15-28-25/h5-9,14-15,21,31H,2-4,10-13,16-20H2,1H3. The van der Waals surface area contributed by atoms with Crippen LogP contribution >= 0.6 is 0 Å². The molecule has 0 saturated carbocycles. The normalized spacial score (nSPS) is 19.4. The van der Waals surface area contributed by atoms with Crippen LogP contribution in [0.25, 0.3) is 6.08 Å². The molecule has 5 nitrogen and oxygen atoms in total. The van der Waals surface area contributed by atoms with Gasteiger partial charge in [0.25, 0.3) is 0 Å². The molecule has 2 aliphatic heterocycles. The van der Waals surface area contributed by atoms with Crippen molar-refractivity contribution in [3.05, 3.63) is 59.4 Å². The summed E-state index contributed by atoms with van der Waals surface area (Å²) in [5, 5.41) is 11.2. The van der Waals surface area contributed by atoms with E-state index < -0.39 is 5.60 Å². The Balaban J connectivity index is 1.31. The number of nitrogens with zero attached hydrogens (tertiary/aromatic N) is 4. The van der Waals surface area contributed by atoms with E-state index in [1.807, 2.05) is 6.07 Å². The van der Waals surface area contributed by atoms with Crippen LogP contribution < -0.4 is 4.90 Å². The number of hydrogen-bond acceptors (Lipinski definition) is 5. The van der Waals surface area contributed by atoms with Gasteiger partial charge in [0, 0.05) is 38.6 Å². The monoisotopic (exact) mass is 420 g/mol. The third-order valence-corrected chi connectivity index (χ3v) is 6.82. The van der Waals surface area contributed by atoms with Gasteiger partial charge in [0.15, 0.2) is 0 Å². The number of anilines is 1. The number of benzene rings is 1. The molecule has 0 atom stereocenters. The number of piperidine rings is 2. The molecule has 5 heteroatoms. The average molecular weight is 421 g/mol. The zero-order valence-corrected chi connectivity index (χ0v) is 18.8. The van der Waals surface area contributed by atoms with Gasteiger partial charge in [-0.05, 0) is 55.8 Å². The minimum absolute atomic E-state index is 0.694. The Morgan fingerprint density at radius 3 is 2.29 bits per heavy atom. The molecule has 1 N–H and O–H groups in total. The van der Waals surface area contributed by atoms with Gasteiger partial charge in [-0.3, -0.25) is 0 Å². The second-order valence-corrected chi connectivity index (χ2v) is 9.04. The molecule has 3 heterocycles. The van der Waals surface area contributed by atoms with Crippen LogP contribution in [0.1, 0.15) is 63.0 Å². The van der Waals surface area contributed by atoms with E-state index in [0.717, 1.165) is 24.6 Å². The number of rotatable bonds is 7. The molecule has 0 spiro atoms. The first-order valence-corrected chi connectivity index (χ1v) is 11.9. The molecule has 2 fully saturated rings. The molecule has 31 heavy (non-hydrogen) atoms. The first-order valence-electron chi connectivity index (χ1n) is 11.9. The molecule has 1 aromatic heterocycles. The van der Waals surface area contributed by atoms with Crippen LogP contribution in [0.5, 0.6) is 0 Å². The maximum Gasteiger partial charge on any atom is 0.225 e. The third kappa shape index (κ3) is 5.72.